The molecule has 0 aromatic heterocycles. The van der Waals surface area contributed by atoms with E-state index in [1.54, 1.807) is 16.0 Å². The maximum atomic E-state index is 2.55. The van der Waals surface area contributed by atoms with Gasteiger partial charge >= 0.3 is 0 Å². The highest BCUT2D eigenvalue weighted by molar-refractivity contribution is 7.16. The molecule has 1 aliphatic carbocycles. The molecule has 111 valence electrons. The Morgan fingerprint density at radius 2 is 1.57 bits per heavy atom. The van der Waals surface area contributed by atoms with Crippen molar-refractivity contribution in [3.63, 3.8) is 0 Å². The summed E-state index contributed by atoms with van der Waals surface area (Å²) in [7, 11) is -1.86. The van der Waals surface area contributed by atoms with Crippen molar-refractivity contribution in [1.82, 2.24) is 0 Å². The second kappa shape index (κ2) is 4.45. The summed E-state index contributed by atoms with van der Waals surface area (Å²) in [5, 5.41) is 7.74. The van der Waals surface area contributed by atoms with E-state index in [1.165, 1.54) is 27.1 Å². The summed E-state index contributed by atoms with van der Waals surface area (Å²) in [4.78, 5) is 0. The predicted octanol–water partition coefficient (Wildman–Crippen LogP) is 4.31. The van der Waals surface area contributed by atoms with Crippen LogP contribution < -0.4 is 10.4 Å². The Morgan fingerprint density at radius 3 is 2.30 bits per heavy atom. The van der Waals surface area contributed by atoms with Crippen LogP contribution >= 0.6 is 0 Å². The minimum absolute atomic E-state index is 1.13. The number of benzene rings is 3. The first-order chi connectivity index (χ1) is 11.2. The number of rotatable bonds is 2. The standard InChI is InChI=1S/C22H19Si/c1-3-15-13-16-14-20-18-11-7-8-12-19(18)21(16)22(15)23(20,2)17-9-5-4-6-10-17/h4-14H,3H2,1-2H3. The summed E-state index contributed by atoms with van der Waals surface area (Å²) in [5.41, 5.74) is 4.55. The molecule has 0 saturated heterocycles. The van der Waals surface area contributed by atoms with Gasteiger partial charge < -0.3 is 0 Å². The predicted molar refractivity (Wildman–Crippen MR) is 102 cm³/mol. The zero-order chi connectivity index (χ0) is 15.6. The summed E-state index contributed by atoms with van der Waals surface area (Å²) in [6, 6.07) is 22.7. The molecule has 1 unspecified atom stereocenters. The van der Waals surface area contributed by atoms with Gasteiger partial charge in [-0.2, -0.15) is 0 Å². The van der Waals surface area contributed by atoms with Crippen molar-refractivity contribution in [1.29, 1.82) is 0 Å². The van der Waals surface area contributed by atoms with Crippen LogP contribution in [0.15, 0.2) is 66.2 Å². The van der Waals surface area contributed by atoms with Crippen LogP contribution in [0, 0.1) is 6.42 Å². The van der Waals surface area contributed by atoms with Gasteiger partial charge in [0.1, 0.15) is 8.07 Å². The first-order valence-electron chi connectivity index (χ1n) is 8.45. The molecule has 3 aromatic carbocycles. The molecule has 2 heterocycles. The van der Waals surface area contributed by atoms with Gasteiger partial charge in [-0.15, -0.1) is 0 Å². The highest BCUT2D eigenvalue weighted by atomic mass is 28.3. The van der Waals surface area contributed by atoms with E-state index in [4.69, 9.17) is 0 Å². The van der Waals surface area contributed by atoms with Gasteiger partial charge in [0, 0.05) is 6.42 Å². The van der Waals surface area contributed by atoms with Crippen LogP contribution in [0.2, 0.25) is 6.55 Å². The Bertz CT molecular complexity index is 982. The molecule has 0 N–H and O–H groups in total. The maximum Gasteiger partial charge on any atom is 0.147 e. The maximum absolute atomic E-state index is 2.55. The van der Waals surface area contributed by atoms with Gasteiger partial charge in [-0.1, -0.05) is 79.7 Å². The summed E-state index contributed by atoms with van der Waals surface area (Å²) < 4.78 is 0. The average molecular weight is 311 g/mol. The van der Waals surface area contributed by atoms with Crippen LogP contribution in [0.5, 0.6) is 0 Å². The quantitative estimate of drug-likeness (QED) is 0.619. The van der Waals surface area contributed by atoms with E-state index in [0.29, 0.717) is 0 Å². The van der Waals surface area contributed by atoms with E-state index in [-0.39, 0.29) is 0 Å². The summed E-state index contributed by atoms with van der Waals surface area (Å²) in [6.45, 7) is 4.84. The van der Waals surface area contributed by atoms with E-state index in [2.05, 4.69) is 80.6 Å². The van der Waals surface area contributed by atoms with Crippen molar-refractivity contribution in [2.45, 2.75) is 19.9 Å². The Balaban J connectivity index is 1.97. The molecule has 3 aromatic rings. The third kappa shape index (κ3) is 1.51. The van der Waals surface area contributed by atoms with E-state index in [0.717, 1.165) is 6.42 Å². The van der Waals surface area contributed by atoms with Crippen molar-refractivity contribution < 1.29 is 0 Å². The monoisotopic (exact) mass is 311 g/mol. The SMILES string of the molecule is CCC1=C2c3c(cc(c4ccccc34)[Si]2(C)c2ccccc2)[CH]1. The van der Waals surface area contributed by atoms with Gasteiger partial charge in [-0.25, -0.2) is 0 Å². The van der Waals surface area contributed by atoms with Gasteiger partial charge in [0.15, 0.2) is 0 Å². The fourth-order valence-corrected chi connectivity index (χ4v) is 9.28. The zero-order valence-electron chi connectivity index (χ0n) is 13.6. The topological polar surface area (TPSA) is 0 Å². The van der Waals surface area contributed by atoms with Crippen molar-refractivity contribution in [3.8, 4) is 0 Å². The molecule has 2 aliphatic heterocycles. The van der Waals surface area contributed by atoms with Crippen molar-refractivity contribution in [2.75, 3.05) is 0 Å². The van der Waals surface area contributed by atoms with Crippen LogP contribution in [0.3, 0.4) is 0 Å². The average Bonchev–Trinajstić information content (AvgIpc) is 2.95. The molecule has 4 bridgehead atoms. The van der Waals surface area contributed by atoms with Crippen molar-refractivity contribution in [2.24, 2.45) is 0 Å². The van der Waals surface area contributed by atoms with E-state index >= 15 is 0 Å². The smallest absolute Gasteiger partial charge is 0.0624 e. The first kappa shape index (κ1) is 13.3. The molecular weight excluding hydrogens is 292 g/mol. The number of allylic oxidation sites excluding steroid dienone is 1. The molecule has 1 heteroatoms. The Kier molecular flexibility index (Phi) is 2.58. The van der Waals surface area contributed by atoms with Crippen LogP contribution in [0.4, 0.5) is 0 Å². The summed E-state index contributed by atoms with van der Waals surface area (Å²) in [6.07, 6.45) is 3.57. The Morgan fingerprint density at radius 1 is 0.870 bits per heavy atom. The lowest BCUT2D eigenvalue weighted by atomic mass is 10.00. The molecule has 1 atom stereocenters. The van der Waals surface area contributed by atoms with Crippen LogP contribution in [0.1, 0.15) is 24.5 Å². The highest BCUT2D eigenvalue weighted by Gasteiger charge is 2.47. The number of hydrogen-bond acceptors (Lipinski definition) is 0. The Labute approximate surface area is 138 Å². The lowest BCUT2D eigenvalue weighted by Gasteiger charge is -2.38. The molecule has 6 rings (SSSR count). The van der Waals surface area contributed by atoms with Gasteiger partial charge in [0.25, 0.3) is 0 Å². The molecule has 0 fully saturated rings. The number of hydrogen-bond donors (Lipinski definition) is 0. The molecule has 0 amide bonds. The van der Waals surface area contributed by atoms with Gasteiger partial charge in [-0.05, 0) is 43.9 Å². The second-order valence-electron chi connectivity index (χ2n) is 6.82. The van der Waals surface area contributed by atoms with Crippen molar-refractivity contribution >= 4 is 34.4 Å². The van der Waals surface area contributed by atoms with E-state index in [9.17, 15) is 0 Å². The molecule has 1 radical (unpaired) electrons. The third-order valence-corrected chi connectivity index (χ3v) is 10.3. The highest BCUT2D eigenvalue weighted by Crippen LogP contribution is 2.48. The second-order valence-corrected chi connectivity index (χ2v) is 10.7. The van der Waals surface area contributed by atoms with Crippen molar-refractivity contribution in [3.05, 3.63) is 83.8 Å². The largest absolute Gasteiger partial charge is 0.147 e. The Hall–Kier alpha value is -2.12. The summed E-state index contributed by atoms with van der Waals surface area (Å²) in [5.74, 6) is 0. The van der Waals surface area contributed by atoms with Gasteiger partial charge in [0.2, 0.25) is 0 Å². The van der Waals surface area contributed by atoms with E-state index < -0.39 is 8.07 Å². The normalized spacial score (nSPS) is 21.5. The fraction of sp³-hybridized carbons (Fsp3) is 0.136. The lowest BCUT2D eigenvalue weighted by molar-refractivity contribution is 1.14. The molecule has 23 heavy (non-hydrogen) atoms. The van der Waals surface area contributed by atoms with E-state index in [1.807, 2.05) is 0 Å². The first-order valence-corrected chi connectivity index (χ1v) is 11.0. The van der Waals surface area contributed by atoms with Gasteiger partial charge in [-0.3, -0.25) is 0 Å². The molecule has 0 spiro atoms. The van der Waals surface area contributed by atoms with Crippen LogP contribution in [-0.2, 0) is 0 Å². The van der Waals surface area contributed by atoms with Crippen LogP contribution in [-0.4, -0.2) is 8.07 Å². The minimum Gasteiger partial charge on any atom is -0.0624 e. The molecule has 0 saturated carbocycles. The molecular formula is C22H19Si. The minimum atomic E-state index is -1.86. The fourth-order valence-electron chi connectivity index (χ4n) is 4.68. The van der Waals surface area contributed by atoms with Crippen LogP contribution in [0.25, 0.3) is 16.0 Å². The molecule has 0 nitrogen and oxygen atoms in total. The zero-order valence-corrected chi connectivity index (χ0v) is 14.6. The molecule has 3 aliphatic rings. The lowest BCUT2D eigenvalue weighted by Crippen LogP contribution is -2.59. The third-order valence-electron chi connectivity index (χ3n) is 5.75. The van der Waals surface area contributed by atoms with Gasteiger partial charge in [0.05, 0.1) is 0 Å². The summed E-state index contributed by atoms with van der Waals surface area (Å²) >= 11 is 0.